The lowest BCUT2D eigenvalue weighted by atomic mass is 10.1. The van der Waals surface area contributed by atoms with Crippen molar-refractivity contribution in [3.63, 3.8) is 0 Å². The lowest BCUT2D eigenvalue weighted by Crippen LogP contribution is -2.36. The number of fused-ring (bicyclic) bond motifs is 1. The SMILES string of the molecule is CC(Cn1cncn1)NC(=O)c1cccc(CN2C(=O)c3ccccc3C2=O)c1. The smallest absolute Gasteiger partial charge is 0.261 e. The summed E-state index contributed by atoms with van der Waals surface area (Å²) in [5.74, 6) is -0.870. The maximum Gasteiger partial charge on any atom is 0.261 e. The Balaban J connectivity index is 1.44. The molecule has 1 N–H and O–H groups in total. The van der Waals surface area contributed by atoms with E-state index in [1.54, 1.807) is 59.5 Å². The van der Waals surface area contributed by atoms with E-state index in [1.807, 2.05) is 6.92 Å². The molecule has 0 fully saturated rings. The number of hydrogen-bond acceptors (Lipinski definition) is 5. The molecular formula is C21H19N5O3. The number of benzene rings is 2. The highest BCUT2D eigenvalue weighted by atomic mass is 16.2. The first-order valence-electron chi connectivity index (χ1n) is 9.20. The molecule has 2 aromatic carbocycles. The van der Waals surface area contributed by atoms with Gasteiger partial charge in [0.15, 0.2) is 0 Å². The average molecular weight is 389 g/mol. The number of aromatic nitrogens is 3. The minimum absolute atomic E-state index is 0.113. The number of imide groups is 1. The van der Waals surface area contributed by atoms with Crippen molar-refractivity contribution < 1.29 is 14.4 Å². The van der Waals surface area contributed by atoms with Crippen LogP contribution in [0.5, 0.6) is 0 Å². The summed E-state index contributed by atoms with van der Waals surface area (Å²) in [5, 5.41) is 6.94. The van der Waals surface area contributed by atoms with Crippen LogP contribution >= 0.6 is 0 Å². The van der Waals surface area contributed by atoms with Crippen molar-refractivity contribution in [2.75, 3.05) is 0 Å². The molecule has 0 aliphatic carbocycles. The Kier molecular flexibility index (Phi) is 4.90. The second-order valence-electron chi connectivity index (χ2n) is 6.93. The van der Waals surface area contributed by atoms with Gasteiger partial charge in [0.2, 0.25) is 0 Å². The molecule has 0 saturated carbocycles. The van der Waals surface area contributed by atoms with Crippen LogP contribution in [-0.2, 0) is 13.1 Å². The molecule has 1 atom stereocenters. The van der Waals surface area contributed by atoms with E-state index in [0.717, 1.165) is 0 Å². The number of carbonyl (C=O) groups excluding carboxylic acids is 3. The van der Waals surface area contributed by atoms with Crippen molar-refractivity contribution in [3.05, 3.63) is 83.4 Å². The molecule has 1 unspecified atom stereocenters. The summed E-state index contributed by atoms with van der Waals surface area (Å²) in [7, 11) is 0. The van der Waals surface area contributed by atoms with Crippen LogP contribution in [0.25, 0.3) is 0 Å². The van der Waals surface area contributed by atoms with E-state index in [4.69, 9.17) is 0 Å². The largest absolute Gasteiger partial charge is 0.348 e. The Morgan fingerprint density at radius 1 is 1.07 bits per heavy atom. The van der Waals surface area contributed by atoms with Crippen LogP contribution in [0.4, 0.5) is 0 Å². The molecule has 1 aliphatic rings. The van der Waals surface area contributed by atoms with Gasteiger partial charge >= 0.3 is 0 Å². The van der Waals surface area contributed by atoms with Gasteiger partial charge in [0.05, 0.1) is 24.2 Å². The first-order chi connectivity index (χ1) is 14.0. The molecule has 0 spiro atoms. The molecule has 2 heterocycles. The molecule has 3 amide bonds. The van der Waals surface area contributed by atoms with Gasteiger partial charge in [-0.2, -0.15) is 5.10 Å². The first-order valence-corrected chi connectivity index (χ1v) is 9.20. The summed E-state index contributed by atoms with van der Waals surface area (Å²) in [6, 6.07) is 13.5. The average Bonchev–Trinajstić information content (AvgIpc) is 3.31. The highest BCUT2D eigenvalue weighted by Crippen LogP contribution is 2.24. The molecule has 8 heteroatoms. The summed E-state index contributed by atoms with van der Waals surface area (Å²) in [6.45, 7) is 2.49. The van der Waals surface area contributed by atoms with Gasteiger partial charge in [0.1, 0.15) is 12.7 Å². The van der Waals surface area contributed by atoms with Crippen LogP contribution in [0.3, 0.4) is 0 Å². The van der Waals surface area contributed by atoms with Gasteiger partial charge in [-0.1, -0.05) is 24.3 Å². The molecule has 3 aromatic rings. The minimum atomic E-state index is -0.318. The predicted octanol–water partition coefficient (Wildman–Crippen LogP) is 1.89. The minimum Gasteiger partial charge on any atom is -0.348 e. The highest BCUT2D eigenvalue weighted by molar-refractivity contribution is 6.21. The lowest BCUT2D eigenvalue weighted by molar-refractivity contribution is 0.0642. The highest BCUT2D eigenvalue weighted by Gasteiger charge is 2.34. The predicted molar refractivity (Wildman–Crippen MR) is 104 cm³/mol. The summed E-state index contributed by atoms with van der Waals surface area (Å²) in [6.07, 6.45) is 3.03. The van der Waals surface area contributed by atoms with Gasteiger partial charge in [-0.25, -0.2) is 4.98 Å². The topological polar surface area (TPSA) is 97.2 Å². The molecule has 29 heavy (non-hydrogen) atoms. The quantitative estimate of drug-likeness (QED) is 0.650. The Bertz CT molecular complexity index is 1040. The molecule has 8 nitrogen and oxygen atoms in total. The normalized spacial score (nSPS) is 14.0. The van der Waals surface area contributed by atoms with Gasteiger partial charge < -0.3 is 5.32 Å². The fraction of sp³-hybridized carbons (Fsp3) is 0.190. The van der Waals surface area contributed by atoms with Crippen molar-refractivity contribution in [2.45, 2.75) is 26.1 Å². The van der Waals surface area contributed by atoms with E-state index in [-0.39, 0.29) is 30.3 Å². The summed E-state index contributed by atoms with van der Waals surface area (Å²) < 4.78 is 1.64. The molecule has 0 radical (unpaired) electrons. The zero-order chi connectivity index (χ0) is 20.4. The van der Waals surface area contributed by atoms with E-state index in [9.17, 15) is 14.4 Å². The van der Waals surface area contributed by atoms with E-state index >= 15 is 0 Å². The third kappa shape index (κ3) is 3.77. The van der Waals surface area contributed by atoms with Crippen molar-refractivity contribution >= 4 is 17.7 Å². The van der Waals surface area contributed by atoms with E-state index in [0.29, 0.717) is 28.8 Å². The third-order valence-corrected chi connectivity index (χ3v) is 4.71. The van der Waals surface area contributed by atoms with Crippen LogP contribution in [0.1, 0.15) is 43.6 Å². The fourth-order valence-corrected chi connectivity index (χ4v) is 3.34. The maximum atomic E-state index is 12.6. The monoisotopic (exact) mass is 389 g/mol. The lowest BCUT2D eigenvalue weighted by Gasteiger charge is -2.16. The zero-order valence-electron chi connectivity index (χ0n) is 15.8. The molecule has 146 valence electrons. The summed E-state index contributed by atoms with van der Waals surface area (Å²) >= 11 is 0. The van der Waals surface area contributed by atoms with Crippen molar-refractivity contribution in [1.29, 1.82) is 0 Å². The molecule has 1 aliphatic heterocycles. The van der Waals surface area contributed by atoms with E-state index < -0.39 is 0 Å². The van der Waals surface area contributed by atoms with Crippen molar-refractivity contribution in [1.82, 2.24) is 25.0 Å². The van der Waals surface area contributed by atoms with Gasteiger partial charge in [-0.3, -0.25) is 24.0 Å². The standard InChI is InChI=1S/C21H19N5O3/c1-14(10-25-13-22-12-23-25)24-19(27)16-6-4-5-15(9-16)11-26-20(28)17-7-2-3-8-18(17)21(26)29/h2-9,12-14H,10-11H2,1H3,(H,24,27). The van der Waals surface area contributed by atoms with Gasteiger partial charge in [0, 0.05) is 11.6 Å². The Labute approximate surface area is 167 Å². The van der Waals surface area contributed by atoms with Gasteiger partial charge in [0.25, 0.3) is 17.7 Å². The van der Waals surface area contributed by atoms with Gasteiger partial charge in [-0.05, 0) is 36.8 Å². The second-order valence-corrected chi connectivity index (χ2v) is 6.93. The molecule has 1 aromatic heterocycles. The van der Waals surface area contributed by atoms with Crippen LogP contribution in [0.15, 0.2) is 61.2 Å². The first kappa shape index (κ1) is 18.5. The number of nitrogens with zero attached hydrogens (tertiary/aromatic N) is 4. The fourth-order valence-electron chi connectivity index (χ4n) is 3.34. The zero-order valence-corrected chi connectivity index (χ0v) is 15.8. The second kappa shape index (κ2) is 7.67. The molecule has 0 bridgehead atoms. The number of amides is 3. The van der Waals surface area contributed by atoms with E-state index in [1.165, 1.54) is 11.2 Å². The molecule has 0 saturated heterocycles. The number of carbonyl (C=O) groups is 3. The van der Waals surface area contributed by atoms with Crippen molar-refractivity contribution in [3.8, 4) is 0 Å². The van der Waals surface area contributed by atoms with Crippen LogP contribution in [0.2, 0.25) is 0 Å². The summed E-state index contributed by atoms with van der Waals surface area (Å²) in [5.41, 5.74) is 1.99. The van der Waals surface area contributed by atoms with Crippen LogP contribution in [0, 0.1) is 0 Å². The number of nitrogens with one attached hydrogen (secondary N) is 1. The Morgan fingerprint density at radius 2 is 1.79 bits per heavy atom. The van der Waals surface area contributed by atoms with Crippen LogP contribution in [-0.4, -0.2) is 43.4 Å². The van der Waals surface area contributed by atoms with Crippen LogP contribution < -0.4 is 5.32 Å². The molecular weight excluding hydrogens is 370 g/mol. The Hall–Kier alpha value is -3.81. The number of rotatable bonds is 6. The summed E-state index contributed by atoms with van der Waals surface area (Å²) in [4.78, 5) is 42.7. The Morgan fingerprint density at radius 3 is 2.45 bits per heavy atom. The number of hydrogen-bond donors (Lipinski definition) is 1. The van der Waals surface area contributed by atoms with Crippen molar-refractivity contribution in [2.24, 2.45) is 0 Å². The molecule has 4 rings (SSSR count). The van der Waals surface area contributed by atoms with Gasteiger partial charge in [-0.15, -0.1) is 0 Å². The van der Waals surface area contributed by atoms with E-state index in [2.05, 4.69) is 15.4 Å². The third-order valence-electron chi connectivity index (χ3n) is 4.71. The maximum absolute atomic E-state index is 12.6.